The van der Waals surface area contributed by atoms with Crippen molar-refractivity contribution in [3.63, 3.8) is 0 Å². The maximum atomic E-state index is 13.2. The topological polar surface area (TPSA) is 85.7 Å². The maximum Gasteiger partial charge on any atom is 0.416 e. The highest BCUT2D eigenvalue weighted by atomic mass is 32.1. The minimum atomic E-state index is -4.57. The summed E-state index contributed by atoms with van der Waals surface area (Å²) in [7, 11) is 1.50. The van der Waals surface area contributed by atoms with E-state index in [1.165, 1.54) is 13.2 Å². The number of aromatic nitrogens is 1. The van der Waals surface area contributed by atoms with Gasteiger partial charge in [0.2, 0.25) is 0 Å². The third-order valence-corrected chi connectivity index (χ3v) is 5.24. The standard InChI is InChI=1S/C22H18F3NO5S/c1-30-17-3-5-18(6-4-17)31-19-7-2-14(22(23,24)25)8-13(19)9-16(27)11-20-26-15(12-32-20)10-21(28)29/h2-8,12H,9-11H2,1H3,(H,28,29). The SMILES string of the molecule is COc1ccc(Oc2ccc(C(F)(F)F)cc2CC(=O)Cc2nc(CC(=O)O)cs2)cc1. The summed E-state index contributed by atoms with van der Waals surface area (Å²) in [6.07, 6.45) is -5.26. The largest absolute Gasteiger partial charge is 0.497 e. The molecule has 0 unspecified atom stereocenters. The van der Waals surface area contributed by atoms with Gasteiger partial charge in [-0.2, -0.15) is 13.2 Å². The van der Waals surface area contributed by atoms with Crippen LogP contribution in [0.5, 0.6) is 17.2 Å². The van der Waals surface area contributed by atoms with Gasteiger partial charge in [0.1, 0.15) is 28.0 Å². The van der Waals surface area contributed by atoms with E-state index in [0.29, 0.717) is 22.2 Å². The Hall–Kier alpha value is -3.40. The molecule has 0 bridgehead atoms. The highest BCUT2D eigenvalue weighted by molar-refractivity contribution is 7.09. The van der Waals surface area contributed by atoms with Gasteiger partial charge in [0.15, 0.2) is 0 Å². The van der Waals surface area contributed by atoms with Crippen molar-refractivity contribution in [2.75, 3.05) is 7.11 Å². The van der Waals surface area contributed by atoms with Crippen molar-refractivity contribution in [3.8, 4) is 17.2 Å². The number of ether oxygens (including phenoxy) is 2. The first kappa shape index (κ1) is 23.3. The average molecular weight is 465 g/mol. The number of hydrogen-bond acceptors (Lipinski definition) is 6. The van der Waals surface area contributed by atoms with E-state index in [2.05, 4.69) is 4.98 Å². The molecule has 6 nitrogen and oxygen atoms in total. The lowest BCUT2D eigenvalue weighted by Crippen LogP contribution is -2.11. The summed E-state index contributed by atoms with van der Waals surface area (Å²) in [6, 6.07) is 9.45. The molecule has 0 saturated carbocycles. The summed E-state index contributed by atoms with van der Waals surface area (Å²) in [5.41, 5.74) is -0.476. The number of halogens is 3. The predicted octanol–water partition coefficient (Wildman–Crippen LogP) is 4.94. The number of carboxylic acid groups (broad SMARTS) is 1. The molecule has 0 spiro atoms. The second-order valence-electron chi connectivity index (χ2n) is 6.79. The Balaban J connectivity index is 1.80. The number of rotatable bonds is 9. The third-order valence-electron chi connectivity index (χ3n) is 4.34. The average Bonchev–Trinajstić information content (AvgIpc) is 3.14. The highest BCUT2D eigenvalue weighted by Crippen LogP contribution is 2.35. The van der Waals surface area contributed by atoms with Crippen molar-refractivity contribution in [2.45, 2.75) is 25.4 Å². The molecule has 1 N–H and O–H groups in total. The van der Waals surface area contributed by atoms with Crippen molar-refractivity contribution < 1.29 is 37.3 Å². The first-order valence-corrected chi connectivity index (χ1v) is 10.2. The monoisotopic (exact) mass is 465 g/mol. The quantitative estimate of drug-likeness (QED) is 0.482. The Bertz CT molecular complexity index is 1110. The van der Waals surface area contributed by atoms with Crippen molar-refractivity contribution in [3.05, 3.63) is 69.7 Å². The molecule has 3 aromatic rings. The van der Waals surface area contributed by atoms with E-state index in [9.17, 15) is 22.8 Å². The Morgan fingerprint density at radius 1 is 1.03 bits per heavy atom. The fourth-order valence-electron chi connectivity index (χ4n) is 2.87. The summed E-state index contributed by atoms with van der Waals surface area (Å²) >= 11 is 1.13. The summed E-state index contributed by atoms with van der Waals surface area (Å²) < 4.78 is 50.4. The lowest BCUT2D eigenvalue weighted by Gasteiger charge is -2.14. The van der Waals surface area contributed by atoms with Crippen LogP contribution < -0.4 is 9.47 Å². The zero-order chi connectivity index (χ0) is 23.3. The van der Waals surface area contributed by atoms with Gasteiger partial charge in [-0.05, 0) is 42.5 Å². The fraction of sp³-hybridized carbons (Fsp3) is 0.227. The van der Waals surface area contributed by atoms with E-state index in [1.807, 2.05) is 0 Å². The molecular weight excluding hydrogens is 447 g/mol. The number of hydrogen-bond donors (Lipinski definition) is 1. The van der Waals surface area contributed by atoms with Gasteiger partial charge in [-0.25, -0.2) is 4.98 Å². The second kappa shape index (κ2) is 9.82. The molecule has 10 heteroatoms. The Kier molecular flexibility index (Phi) is 7.14. The van der Waals surface area contributed by atoms with Crippen LogP contribution in [0, 0.1) is 0 Å². The first-order valence-electron chi connectivity index (χ1n) is 9.33. The number of benzene rings is 2. The van der Waals surface area contributed by atoms with E-state index in [4.69, 9.17) is 14.6 Å². The van der Waals surface area contributed by atoms with Gasteiger partial charge in [0.25, 0.3) is 0 Å². The molecule has 0 aliphatic rings. The number of carboxylic acids is 1. The van der Waals surface area contributed by atoms with Crippen LogP contribution in [0.25, 0.3) is 0 Å². The fourth-order valence-corrected chi connectivity index (χ4v) is 3.70. The number of carbonyl (C=O) groups excluding carboxylic acids is 1. The van der Waals surface area contributed by atoms with Crippen LogP contribution in [0.15, 0.2) is 47.8 Å². The molecule has 3 rings (SSSR count). The molecule has 1 aromatic heterocycles. The van der Waals surface area contributed by atoms with E-state index < -0.39 is 17.7 Å². The number of methoxy groups -OCH3 is 1. The Labute approximate surface area is 185 Å². The second-order valence-corrected chi connectivity index (χ2v) is 7.74. The number of Topliss-reactive ketones (excluding diaryl/α,β-unsaturated/α-hetero) is 1. The first-order chi connectivity index (χ1) is 15.1. The van der Waals surface area contributed by atoms with Crippen molar-refractivity contribution in [1.29, 1.82) is 0 Å². The minimum absolute atomic E-state index is 0.0861. The minimum Gasteiger partial charge on any atom is -0.497 e. The van der Waals surface area contributed by atoms with Gasteiger partial charge in [0.05, 0.1) is 31.2 Å². The lowest BCUT2D eigenvalue weighted by molar-refractivity contribution is -0.138. The van der Waals surface area contributed by atoms with Crippen LogP contribution in [0.4, 0.5) is 13.2 Å². The summed E-state index contributed by atoms with van der Waals surface area (Å²) in [6.45, 7) is 0. The van der Waals surface area contributed by atoms with Crippen LogP contribution in [-0.2, 0) is 35.0 Å². The van der Waals surface area contributed by atoms with Crippen molar-refractivity contribution in [1.82, 2.24) is 4.98 Å². The van der Waals surface area contributed by atoms with Crippen molar-refractivity contribution >= 4 is 23.1 Å². The van der Waals surface area contributed by atoms with Crippen molar-refractivity contribution in [2.24, 2.45) is 0 Å². The smallest absolute Gasteiger partial charge is 0.416 e. The van der Waals surface area contributed by atoms with Crippen LogP contribution in [0.2, 0.25) is 0 Å². The number of carbonyl (C=O) groups is 2. The summed E-state index contributed by atoms with van der Waals surface area (Å²) in [5, 5.41) is 10.8. The van der Waals surface area contributed by atoms with Gasteiger partial charge in [-0.1, -0.05) is 0 Å². The van der Waals surface area contributed by atoms with Crippen LogP contribution >= 0.6 is 11.3 Å². The highest BCUT2D eigenvalue weighted by Gasteiger charge is 2.31. The molecule has 32 heavy (non-hydrogen) atoms. The summed E-state index contributed by atoms with van der Waals surface area (Å²) in [4.78, 5) is 27.4. The zero-order valence-electron chi connectivity index (χ0n) is 16.8. The summed E-state index contributed by atoms with van der Waals surface area (Å²) in [5.74, 6) is -0.330. The molecule has 1 heterocycles. The molecule has 0 aliphatic heterocycles. The molecule has 0 aliphatic carbocycles. The van der Waals surface area contributed by atoms with Gasteiger partial charge >= 0.3 is 12.1 Å². The lowest BCUT2D eigenvalue weighted by atomic mass is 10.0. The predicted molar refractivity (Wildman–Crippen MR) is 110 cm³/mol. The molecule has 0 fully saturated rings. The molecule has 2 aromatic carbocycles. The molecule has 0 atom stereocenters. The Morgan fingerprint density at radius 2 is 1.72 bits per heavy atom. The number of thiazole rings is 1. The van der Waals surface area contributed by atoms with Gasteiger partial charge < -0.3 is 14.6 Å². The van der Waals surface area contributed by atoms with Crippen LogP contribution in [0.3, 0.4) is 0 Å². The maximum absolute atomic E-state index is 13.2. The van der Waals surface area contributed by atoms with E-state index >= 15 is 0 Å². The number of ketones is 1. The molecular formula is C22H18F3NO5S. The molecule has 0 radical (unpaired) electrons. The van der Waals surface area contributed by atoms with Crippen LogP contribution in [0.1, 0.15) is 21.8 Å². The molecule has 168 valence electrons. The van der Waals surface area contributed by atoms with Gasteiger partial charge in [-0.3, -0.25) is 9.59 Å². The van der Waals surface area contributed by atoms with E-state index in [0.717, 1.165) is 23.5 Å². The third kappa shape index (κ3) is 6.30. The number of aliphatic carboxylic acids is 1. The number of alkyl halides is 3. The molecule has 0 saturated heterocycles. The Morgan fingerprint density at radius 3 is 2.34 bits per heavy atom. The van der Waals surface area contributed by atoms with Crippen LogP contribution in [-0.4, -0.2) is 29.0 Å². The van der Waals surface area contributed by atoms with E-state index in [1.54, 1.807) is 29.6 Å². The normalized spacial score (nSPS) is 11.2. The zero-order valence-corrected chi connectivity index (χ0v) is 17.6. The number of nitrogens with zero attached hydrogens (tertiary/aromatic N) is 1. The van der Waals surface area contributed by atoms with E-state index in [-0.39, 0.29) is 36.4 Å². The van der Waals surface area contributed by atoms with Gasteiger partial charge in [0, 0.05) is 17.4 Å². The molecule has 0 amide bonds. The van der Waals surface area contributed by atoms with Gasteiger partial charge in [-0.15, -0.1) is 11.3 Å².